The number of anilines is 1. The van der Waals surface area contributed by atoms with Gasteiger partial charge in [0.05, 0.1) is 0 Å². The number of hydrogen-bond donors (Lipinski definition) is 1. The summed E-state index contributed by atoms with van der Waals surface area (Å²) in [5.41, 5.74) is 2.55. The Morgan fingerprint density at radius 1 is 1.05 bits per heavy atom. The van der Waals surface area contributed by atoms with E-state index >= 15 is 0 Å². The summed E-state index contributed by atoms with van der Waals surface area (Å²) >= 11 is 0. The summed E-state index contributed by atoms with van der Waals surface area (Å²) < 4.78 is 0. The fourth-order valence-corrected chi connectivity index (χ4v) is 2.52. The zero-order valence-electron chi connectivity index (χ0n) is 12.5. The van der Waals surface area contributed by atoms with Crippen LogP contribution in [0.3, 0.4) is 0 Å². The maximum Gasteiger partial charge on any atom is 0.251 e. The van der Waals surface area contributed by atoms with Crippen molar-refractivity contribution in [1.29, 1.82) is 0 Å². The molecule has 1 heterocycles. The van der Waals surface area contributed by atoms with Gasteiger partial charge in [0.2, 0.25) is 0 Å². The van der Waals surface area contributed by atoms with E-state index in [4.69, 9.17) is 0 Å². The molecule has 0 unspecified atom stereocenters. The minimum atomic E-state index is -0.896. The second-order valence-electron chi connectivity index (χ2n) is 5.73. The first kappa shape index (κ1) is 14.9. The van der Waals surface area contributed by atoms with Gasteiger partial charge in [0.1, 0.15) is 6.10 Å². The largest absolute Gasteiger partial charge is 0.384 e. The number of aliphatic hydroxyl groups is 1. The smallest absolute Gasteiger partial charge is 0.251 e. The Hall–Kier alpha value is -1.55. The van der Waals surface area contributed by atoms with Crippen LogP contribution in [0.5, 0.6) is 0 Å². The fourth-order valence-electron chi connectivity index (χ4n) is 2.52. The van der Waals surface area contributed by atoms with Crippen molar-refractivity contribution in [3.8, 4) is 0 Å². The monoisotopic (exact) mass is 276 g/mol. The van der Waals surface area contributed by atoms with Crippen molar-refractivity contribution in [3.05, 3.63) is 29.8 Å². The van der Waals surface area contributed by atoms with Crippen molar-refractivity contribution in [3.63, 3.8) is 0 Å². The molecule has 0 saturated carbocycles. The number of carbonyl (C=O) groups excluding carboxylic acids is 1. The van der Waals surface area contributed by atoms with Gasteiger partial charge in [-0.3, -0.25) is 4.79 Å². The third-order valence-electron chi connectivity index (χ3n) is 3.87. The summed E-state index contributed by atoms with van der Waals surface area (Å²) in [6.45, 7) is 8.90. The topological polar surface area (TPSA) is 43.8 Å². The quantitative estimate of drug-likeness (QED) is 0.916. The van der Waals surface area contributed by atoms with E-state index < -0.39 is 6.10 Å². The Bertz CT molecular complexity index is 446. The van der Waals surface area contributed by atoms with Crippen molar-refractivity contribution in [2.75, 3.05) is 31.1 Å². The molecular formula is C16H24N2O2. The molecule has 1 saturated heterocycles. The normalized spacial score (nSPS) is 17.4. The van der Waals surface area contributed by atoms with Crippen molar-refractivity contribution < 1.29 is 9.90 Å². The summed E-state index contributed by atoms with van der Waals surface area (Å²) in [4.78, 5) is 15.7. The minimum Gasteiger partial charge on any atom is -0.384 e. The predicted molar refractivity (Wildman–Crippen MR) is 81.0 cm³/mol. The highest BCUT2D eigenvalue weighted by atomic mass is 16.3. The van der Waals surface area contributed by atoms with E-state index in [1.807, 2.05) is 0 Å². The van der Waals surface area contributed by atoms with E-state index in [-0.39, 0.29) is 5.91 Å². The lowest BCUT2D eigenvalue weighted by Crippen LogP contribution is -2.51. The molecular weight excluding hydrogens is 252 g/mol. The SMILES string of the molecule is CC(C)c1ccc(N2CCN(C(=O)[C@H](C)O)CC2)cc1. The number of rotatable bonds is 3. The van der Waals surface area contributed by atoms with Crippen molar-refractivity contribution in [2.45, 2.75) is 32.8 Å². The lowest BCUT2D eigenvalue weighted by Gasteiger charge is -2.36. The molecule has 1 aromatic carbocycles. The summed E-state index contributed by atoms with van der Waals surface area (Å²) in [6, 6.07) is 8.66. The van der Waals surface area contributed by atoms with Gasteiger partial charge >= 0.3 is 0 Å². The van der Waals surface area contributed by atoms with Gasteiger partial charge < -0.3 is 14.9 Å². The molecule has 0 radical (unpaired) electrons. The predicted octanol–water partition coefficient (Wildman–Crippen LogP) is 1.84. The van der Waals surface area contributed by atoms with Crippen LogP contribution in [0.25, 0.3) is 0 Å². The van der Waals surface area contributed by atoms with Crippen molar-refractivity contribution in [1.82, 2.24) is 4.90 Å². The van der Waals surface area contributed by atoms with Gasteiger partial charge in [0, 0.05) is 31.9 Å². The Labute approximate surface area is 121 Å². The van der Waals surface area contributed by atoms with Gasteiger partial charge in [-0.2, -0.15) is 0 Å². The van der Waals surface area contributed by atoms with Crippen LogP contribution in [0.1, 0.15) is 32.3 Å². The Balaban J connectivity index is 1.95. The van der Waals surface area contributed by atoms with Crippen LogP contribution in [0, 0.1) is 0 Å². The zero-order chi connectivity index (χ0) is 14.7. The number of hydrogen-bond acceptors (Lipinski definition) is 3. The molecule has 110 valence electrons. The average molecular weight is 276 g/mol. The number of benzene rings is 1. The third kappa shape index (κ3) is 3.31. The van der Waals surface area contributed by atoms with Crippen molar-refractivity contribution in [2.24, 2.45) is 0 Å². The number of nitrogens with zero attached hydrogens (tertiary/aromatic N) is 2. The number of amides is 1. The molecule has 1 N–H and O–H groups in total. The van der Waals surface area contributed by atoms with Gasteiger partial charge in [0.25, 0.3) is 5.91 Å². The first-order valence-electron chi connectivity index (χ1n) is 7.31. The van der Waals surface area contributed by atoms with Crippen LogP contribution in [-0.2, 0) is 4.79 Å². The molecule has 1 atom stereocenters. The maximum absolute atomic E-state index is 11.7. The molecule has 1 aromatic rings. The Morgan fingerprint density at radius 3 is 2.05 bits per heavy atom. The highest BCUT2D eigenvalue weighted by Gasteiger charge is 2.23. The van der Waals surface area contributed by atoms with Gasteiger partial charge in [-0.25, -0.2) is 0 Å². The molecule has 1 aliphatic heterocycles. The van der Waals surface area contributed by atoms with Crippen molar-refractivity contribution >= 4 is 11.6 Å². The Morgan fingerprint density at radius 2 is 1.60 bits per heavy atom. The second kappa shape index (κ2) is 6.27. The van der Waals surface area contributed by atoms with Crippen LogP contribution in [0.15, 0.2) is 24.3 Å². The highest BCUT2D eigenvalue weighted by Crippen LogP contribution is 2.21. The molecule has 0 bridgehead atoms. The summed E-state index contributed by atoms with van der Waals surface area (Å²) in [6.07, 6.45) is -0.896. The van der Waals surface area contributed by atoms with E-state index in [9.17, 15) is 9.90 Å². The lowest BCUT2D eigenvalue weighted by atomic mass is 10.0. The molecule has 0 spiro atoms. The molecule has 4 nitrogen and oxygen atoms in total. The van der Waals surface area contributed by atoms with E-state index in [1.54, 1.807) is 4.90 Å². The average Bonchev–Trinajstić information content (AvgIpc) is 2.46. The van der Waals surface area contributed by atoms with E-state index in [1.165, 1.54) is 18.2 Å². The summed E-state index contributed by atoms with van der Waals surface area (Å²) in [5, 5.41) is 9.33. The van der Waals surface area contributed by atoms with E-state index in [0.717, 1.165) is 13.1 Å². The summed E-state index contributed by atoms with van der Waals surface area (Å²) in [7, 11) is 0. The third-order valence-corrected chi connectivity index (χ3v) is 3.87. The van der Waals surface area contributed by atoms with Gasteiger partial charge in [-0.1, -0.05) is 26.0 Å². The van der Waals surface area contributed by atoms with Gasteiger partial charge in [0.15, 0.2) is 0 Å². The summed E-state index contributed by atoms with van der Waals surface area (Å²) in [5.74, 6) is 0.379. The minimum absolute atomic E-state index is 0.167. The molecule has 20 heavy (non-hydrogen) atoms. The van der Waals surface area contributed by atoms with Crippen LogP contribution >= 0.6 is 0 Å². The molecule has 1 amide bonds. The lowest BCUT2D eigenvalue weighted by molar-refractivity contribution is -0.139. The van der Waals surface area contributed by atoms with E-state index in [2.05, 4.69) is 43.0 Å². The number of carbonyl (C=O) groups is 1. The first-order chi connectivity index (χ1) is 9.49. The number of piperazine rings is 1. The molecule has 2 rings (SSSR count). The molecule has 1 fully saturated rings. The number of aliphatic hydroxyl groups excluding tert-OH is 1. The second-order valence-corrected chi connectivity index (χ2v) is 5.73. The van der Waals surface area contributed by atoms with Gasteiger partial charge in [-0.05, 0) is 30.5 Å². The Kier molecular flexibility index (Phi) is 4.65. The molecule has 0 aliphatic carbocycles. The van der Waals surface area contributed by atoms with Crippen LogP contribution in [0.4, 0.5) is 5.69 Å². The van der Waals surface area contributed by atoms with Crippen LogP contribution in [-0.4, -0.2) is 48.2 Å². The highest BCUT2D eigenvalue weighted by molar-refractivity contribution is 5.80. The standard InChI is InChI=1S/C16H24N2O2/c1-12(2)14-4-6-15(7-5-14)17-8-10-18(11-9-17)16(20)13(3)19/h4-7,12-13,19H,8-11H2,1-3H3/t13-/m0/s1. The molecule has 0 aromatic heterocycles. The maximum atomic E-state index is 11.7. The fraction of sp³-hybridized carbons (Fsp3) is 0.562. The van der Waals surface area contributed by atoms with Crippen LogP contribution in [0.2, 0.25) is 0 Å². The molecule has 4 heteroatoms. The van der Waals surface area contributed by atoms with E-state index in [0.29, 0.717) is 19.0 Å². The van der Waals surface area contributed by atoms with Crippen LogP contribution < -0.4 is 4.90 Å². The first-order valence-corrected chi connectivity index (χ1v) is 7.31. The zero-order valence-corrected chi connectivity index (χ0v) is 12.5. The molecule has 1 aliphatic rings. The van der Waals surface area contributed by atoms with Gasteiger partial charge in [-0.15, -0.1) is 0 Å².